The van der Waals surface area contributed by atoms with Gasteiger partial charge in [0.05, 0.1) is 11.5 Å². The topological polar surface area (TPSA) is 117 Å². The lowest BCUT2D eigenvalue weighted by atomic mass is 10.0. The Balaban J connectivity index is 2.97. The van der Waals surface area contributed by atoms with Crippen molar-refractivity contribution in [3.8, 4) is 0 Å². The van der Waals surface area contributed by atoms with Crippen molar-refractivity contribution in [3.05, 3.63) is 39.9 Å². The van der Waals surface area contributed by atoms with Gasteiger partial charge in [-0.25, -0.2) is 0 Å². The molecule has 98 valence electrons. The summed E-state index contributed by atoms with van der Waals surface area (Å²) in [6.07, 6.45) is -0.715. The molecule has 0 aliphatic heterocycles. The molecule has 0 aliphatic rings. The number of ether oxygens (including phenoxy) is 1. The number of non-ortho nitro benzene ring substituents is 1. The molecule has 0 aromatic heterocycles. The first kappa shape index (κ1) is 14.1. The van der Waals surface area contributed by atoms with Gasteiger partial charge in [-0.15, -0.1) is 0 Å². The Kier molecular flexibility index (Phi) is 4.75. The van der Waals surface area contributed by atoms with Crippen LogP contribution in [-0.4, -0.2) is 28.6 Å². The first-order chi connectivity index (χ1) is 8.45. The summed E-state index contributed by atoms with van der Waals surface area (Å²) in [6, 6.07) is 5.07. The maximum atomic E-state index is 11.0. The van der Waals surface area contributed by atoms with Crippen LogP contribution in [0.25, 0.3) is 0 Å². The second-order valence-corrected chi connectivity index (χ2v) is 3.82. The van der Waals surface area contributed by atoms with Crippen LogP contribution in [0.1, 0.15) is 18.6 Å². The van der Waals surface area contributed by atoms with E-state index >= 15 is 0 Å². The van der Waals surface area contributed by atoms with E-state index in [1.54, 1.807) is 0 Å². The third-order valence-corrected chi connectivity index (χ3v) is 2.39. The van der Waals surface area contributed by atoms with Gasteiger partial charge in [0, 0.05) is 19.1 Å². The molecule has 1 aromatic carbocycles. The molecular formula is C11H15N2O5+. The highest BCUT2D eigenvalue weighted by Gasteiger charge is 2.25. The summed E-state index contributed by atoms with van der Waals surface area (Å²) < 4.78 is 5.06. The summed E-state index contributed by atoms with van der Waals surface area (Å²) in [5.74, 6) is -0.500. The fourth-order valence-electron chi connectivity index (χ4n) is 1.50. The molecule has 0 saturated heterocycles. The fraction of sp³-hybridized carbons (Fsp3) is 0.364. The lowest BCUT2D eigenvalue weighted by Crippen LogP contribution is -2.66. The van der Waals surface area contributed by atoms with Gasteiger partial charge in [0.1, 0.15) is 6.04 Å². The van der Waals surface area contributed by atoms with E-state index in [-0.39, 0.29) is 12.3 Å². The molecule has 0 radical (unpaired) electrons. The highest BCUT2D eigenvalue weighted by Crippen LogP contribution is 2.22. The third-order valence-electron chi connectivity index (χ3n) is 2.39. The summed E-state index contributed by atoms with van der Waals surface area (Å²) in [5, 5.41) is 19.6. The van der Waals surface area contributed by atoms with Crippen LogP contribution in [0.3, 0.4) is 0 Å². The van der Waals surface area contributed by atoms with Gasteiger partial charge < -0.3 is 15.6 Å². The molecule has 18 heavy (non-hydrogen) atoms. The SMILES string of the molecule is CC(=O)OC(c1ccc([N+](=O)[O-])cc1)C([NH3+])CO. The number of nitro benzene ring substituents is 1. The van der Waals surface area contributed by atoms with Gasteiger partial charge in [-0.3, -0.25) is 14.9 Å². The summed E-state index contributed by atoms with van der Waals surface area (Å²) in [7, 11) is 0. The highest BCUT2D eigenvalue weighted by molar-refractivity contribution is 5.66. The molecule has 0 aliphatic carbocycles. The molecule has 1 rings (SSSR count). The first-order valence-electron chi connectivity index (χ1n) is 5.31. The Labute approximate surface area is 103 Å². The van der Waals surface area contributed by atoms with Crippen LogP contribution < -0.4 is 5.73 Å². The first-order valence-corrected chi connectivity index (χ1v) is 5.31. The zero-order valence-corrected chi connectivity index (χ0v) is 9.91. The standard InChI is InChI=1S/C11H14N2O5/c1-7(15)18-11(10(12)6-14)8-2-4-9(5-3-8)13(16)17/h2-5,10-11,14H,6,12H2,1H3/p+1. The molecule has 4 N–H and O–H groups in total. The molecule has 1 aromatic rings. The summed E-state index contributed by atoms with van der Waals surface area (Å²) in [4.78, 5) is 21.0. The predicted molar refractivity (Wildman–Crippen MR) is 61.4 cm³/mol. The van der Waals surface area contributed by atoms with Crippen LogP contribution in [0.15, 0.2) is 24.3 Å². The number of hydrogen-bond acceptors (Lipinski definition) is 5. The lowest BCUT2D eigenvalue weighted by Gasteiger charge is -2.19. The van der Waals surface area contributed by atoms with E-state index < -0.39 is 23.0 Å². The quantitative estimate of drug-likeness (QED) is 0.429. The average Bonchev–Trinajstić information content (AvgIpc) is 2.35. The van der Waals surface area contributed by atoms with E-state index in [9.17, 15) is 14.9 Å². The maximum Gasteiger partial charge on any atom is 0.303 e. The minimum atomic E-state index is -0.715. The second-order valence-electron chi connectivity index (χ2n) is 3.82. The van der Waals surface area contributed by atoms with E-state index in [4.69, 9.17) is 9.84 Å². The molecule has 2 atom stereocenters. The van der Waals surface area contributed by atoms with Crippen molar-refractivity contribution in [1.29, 1.82) is 0 Å². The van der Waals surface area contributed by atoms with Gasteiger partial charge >= 0.3 is 5.97 Å². The largest absolute Gasteiger partial charge is 0.451 e. The van der Waals surface area contributed by atoms with E-state index in [0.717, 1.165) is 0 Å². The van der Waals surface area contributed by atoms with Crippen molar-refractivity contribution < 1.29 is 25.3 Å². The van der Waals surface area contributed by atoms with Gasteiger partial charge in [0.15, 0.2) is 6.10 Å². The predicted octanol–water partition coefficient (Wildman–Crippen LogP) is -0.198. The minimum absolute atomic E-state index is 0.0510. The third kappa shape index (κ3) is 3.51. The second kappa shape index (κ2) is 6.08. The van der Waals surface area contributed by atoms with Crippen molar-refractivity contribution in [2.45, 2.75) is 19.1 Å². The molecule has 0 spiro atoms. The number of quaternary nitrogens is 1. The van der Waals surface area contributed by atoms with E-state index in [0.29, 0.717) is 5.56 Å². The van der Waals surface area contributed by atoms with Crippen molar-refractivity contribution in [3.63, 3.8) is 0 Å². The highest BCUT2D eigenvalue weighted by atomic mass is 16.6. The van der Waals surface area contributed by atoms with Crippen LogP contribution >= 0.6 is 0 Å². The van der Waals surface area contributed by atoms with Crippen molar-refractivity contribution >= 4 is 11.7 Å². The Morgan fingerprint density at radius 1 is 1.50 bits per heavy atom. The Morgan fingerprint density at radius 2 is 2.06 bits per heavy atom. The van der Waals surface area contributed by atoms with Crippen LogP contribution in [0.4, 0.5) is 5.69 Å². The van der Waals surface area contributed by atoms with Gasteiger partial charge in [0.2, 0.25) is 0 Å². The van der Waals surface area contributed by atoms with Crippen LogP contribution in [0.2, 0.25) is 0 Å². The van der Waals surface area contributed by atoms with E-state index in [1.165, 1.54) is 31.2 Å². The molecule has 0 saturated carbocycles. The average molecular weight is 255 g/mol. The number of carbonyl (C=O) groups is 1. The number of nitro groups is 1. The zero-order valence-electron chi connectivity index (χ0n) is 9.91. The molecular weight excluding hydrogens is 240 g/mol. The van der Waals surface area contributed by atoms with E-state index in [2.05, 4.69) is 5.73 Å². The Morgan fingerprint density at radius 3 is 2.44 bits per heavy atom. The number of nitrogens with zero attached hydrogens (tertiary/aromatic N) is 1. The Hall–Kier alpha value is -1.99. The molecule has 7 nitrogen and oxygen atoms in total. The van der Waals surface area contributed by atoms with Crippen LogP contribution in [0.5, 0.6) is 0 Å². The number of esters is 1. The summed E-state index contributed by atoms with van der Waals surface area (Å²) in [6.45, 7) is 0.997. The lowest BCUT2D eigenvalue weighted by molar-refractivity contribution is -0.444. The molecule has 0 fully saturated rings. The number of hydrogen-bond donors (Lipinski definition) is 2. The number of aliphatic hydroxyl groups excluding tert-OH is 1. The number of benzene rings is 1. The van der Waals surface area contributed by atoms with Gasteiger partial charge in [0.25, 0.3) is 5.69 Å². The normalized spacial score (nSPS) is 13.7. The fourth-order valence-corrected chi connectivity index (χ4v) is 1.50. The number of rotatable bonds is 5. The molecule has 0 bridgehead atoms. The maximum absolute atomic E-state index is 11.0. The summed E-state index contributed by atoms with van der Waals surface area (Å²) in [5.41, 5.74) is 4.19. The molecule has 0 amide bonds. The van der Waals surface area contributed by atoms with Gasteiger partial charge in [-0.2, -0.15) is 0 Å². The van der Waals surface area contributed by atoms with Crippen molar-refractivity contribution in [2.75, 3.05) is 6.61 Å². The van der Waals surface area contributed by atoms with Crippen LogP contribution in [0, 0.1) is 10.1 Å². The molecule has 0 heterocycles. The minimum Gasteiger partial charge on any atom is -0.451 e. The van der Waals surface area contributed by atoms with Gasteiger partial charge in [-0.05, 0) is 17.7 Å². The summed E-state index contributed by atoms with van der Waals surface area (Å²) >= 11 is 0. The van der Waals surface area contributed by atoms with Gasteiger partial charge in [-0.1, -0.05) is 0 Å². The monoisotopic (exact) mass is 255 g/mol. The molecule has 2 unspecified atom stereocenters. The van der Waals surface area contributed by atoms with Crippen LogP contribution in [-0.2, 0) is 9.53 Å². The zero-order chi connectivity index (χ0) is 13.7. The smallest absolute Gasteiger partial charge is 0.303 e. The number of carbonyl (C=O) groups excluding carboxylic acids is 1. The Bertz CT molecular complexity index is 432. The van der Waals surface area contributed by atoms with Crippen molar-refractivity contribution in [1.82, 2.24) is 0 Å². The number of aliphatic hydroxyl groups is 1. The molecule has 7 heteroatoms. The van der Waals surface area contributed by atoms with E-state index in [1.807, 2.05) is 0 Å². The van der Waals surface area contributed by atoms with Crippen molar-refractivity contribution in [2.24, 2.45) is 0 Å².